The molecule has 0 bridgehead atoms. The first-order valence-corrected chi connectivity index (χ1v) is 8.79. The van der Waals surface area contributed by atoms with Crippen LogP contribution >= 0.6 is 0 Å². The Labute approximate surface area is 162 Å². The van der Waals surface area contributed by atoms with Gasteiger partial charge in [0.25, 0.3) is 0 Å². The molecule has 0 atom stereocenters. The second-order valence-corrected chi connectivity index (χ2v) is 6.27. The SMILES string of the molecule is COc1ccc(-c2cc(-c3ccccc3)nn2-c2ccc(C(=O)O)cc2)cc1. The summed E-state index contributed by atoms with van der Waals surface area (Å²) < 4.78 is 7.08. The zero-order chi connectivity index (χ0) is 19.5. The Morgan fingerprint density at radius 3 is 2.18 bits per heavy atom. The van der Waals surface area contributed by atoms with Crippen LogP contribution in [0.1, 0.15) is 10.4 Å². The van der Waals surface area contributed by atoms with Crippen LogP contribution < -0.4 is 4.74 Å². The van der Waals surface area contributed by atoms with E-state index < -0.39 is 5.97 Å². The number of hydrogen-bond donors (Lipinski definition) is 1. The molecule has 0 aliphatic heterocycles. The summed E-state index contributed by atoms with van der Waals surface area (Å²) in [7, 11) is 1.64. The van der Waals surface area contributed by atoms with Crippen molar-refractivity contribution in [1.82, 2.24) is 9.78 Å². The topological polar surface area (TPSA) is 64.4 Å². The van der Waals surface area contributed by atoms with Gasteiger partial charge in [0.05, 0.1) is 29.7 Å². The van der Waals surface area contributed by atoms with Crippen molar-refractivity contribution in [2.45, 2.75) is 0 Å². The van der Waals surface area contributed by atoms with E-state index >= 15 is 0 Å². The molecule has 1 aromatic heterocycles. The van der Waals surface area contributed by atoms with Gasteiger partial charge in [-0.15, -0.1) is 0 Å². The van der Waals surface area contributed by atoms with E-state index in [1.165, 1.54) is 0 Å². The third-order valence-electron chi connectivity index (χ3n) is 4.52. The molecule has 1 heterocycles. The van der Waals surface area contributed by atoms with Crippen molar-refractivity contribution in [2.24, 2.45) is 0 Å². The van der Waals surface area contributed by atoms with E-state index in [1.54, 1.807) is 31.4 Å². The number of ether oxygens (including phenoxy) is 1. The van der Waals surface area contributed by atoms with Gasteiger partial charge >= 0.3 is 5.97 Å². The fourth-order valence-electron chi connectivity index (χ4n) is 3.04. The molecular weight excluding hydrogens is 352 g/mol. The zero-order valence-electron chi connectivity index (χ0n) is 15.2. The van der Waals surface area contributed by atoms with Gasteiger partial charge in [0.2, 0.25) is 0 Å². The van der Waals surface area contributed by atoms with E-state index in [4.69, 9.17) is 14.9 Å². The lowest BCUT2D eigenvalue weighted by molar-refractivity contribution is 0.0697. The highest BCUT2D eigenvalue weighted by molar-refractivity contribution is 5.87. The van der Waals surface area contributed by atoms with E-state index in [-0.39, 0.29) is 5.56 Å². The van der Waals surface area contributed by atoms with Gasteiger partial charge in [-0.3, -0.25) is 0 Å². The quantitative estimate of drug-likeness (QED) is 0.542. The van der Waals surface area contributed by atoms with Crippen LogP contribution in [0.4, 0.5) is 0 Å². The number of nitrogens with zero attached hydrogens (tertiary/aromatic N) is 2. The van der Waals surface area contributed by atoms with Crippen LogP contribution in [-0.2, 0) is 0 Å². The molecule has 0 saturated carbocycles. The second-order valence-electron chi connectivity index (χ2n) is 6.27. The van der Waals surface area contributed by atoms with Gasteiger partial charge < -0.3 is 9.84 Å². The highest BCUT2D eigenvalue weighted by Crippen LogP contribution is 2.30. The predicted octanol–water partition coefficient (Wildman–Crippen LogP) is 4.91. The van der Waals surface area contributed by atoms with Crippen LogP contribution in [0.5, 0.6) is 5.75 Å². The summed E-state index contributed by atoms with van der Waals surface area (Å²) in [6.45, 7) is 0. The number of benzene rings is 3. The molecule has 0 amide bonds. The van der Waals surface area contributed by atoms with Crippen LogP contribution in [0, 0.1) is 0 Å². The van der Waals surface area contributed by atoms with E-state index in [0.717, 1.165) is 34.0 Å². The largest absolute Gasteiger partial charge is 0.497 e. The molecule has 4 aromatic rings. The van der Waals surface area contributed by atoms with Crippen LogP contribution in [0.2, 0.25) is 0 Å². The molecule has 0 aliphatic carbocycles. The van der Waals surface area contributed by atoms with Crippen molar-refractivity contribution in [3.63, 3.8) is 0 Å². The van der Waals surface area contributed by atoms with E-state index in [0.29, 0.717) is 0 Å². The Kier molecular flexibility index (Phi) is 4.64. The maximum atomic E-state index is 11.2. The molecule has 0 unspecified atom stereocenters. The Hall–Kier alpha value is -3.86. The van der Waals surface area contributed by atoms with Gasteiger partial charge in [-0.1, -0.05) is 30.3 Å². The molecule has 5 heteroatoms. The third-order valence-corrected chi connectivity index (χ3v) is 4.52. The van der Waals surface area contributed by atoms with Gasteiger partial charge in [-0.05, 0) is 54.6 Å². The van der Waals surface area contributed by atoms with Crippen molar-refractivity contribution in [3.8, 4) is 34.0 Å². The Balaban J connectivity index is 1.85. The average Bonchev–Trinajstić information content (AvgIpc) is 3.20. The van der Waals surface area contributed by atoms with Crippen LogP contribution in [0.15, 0.2) is 84.9 Å². The predicted molar refractivity (Wildman–Crippen MR) is 108 cm³/mol. The fraction of sp³-hybridized carbons (Fsp3) is 0.0435. The molecular formula is C23H18N2O3. The standard InChI is InChI=1S/C23H18N2O3/c1-28-20-13-9-17(10-14-20)22-15-21(16-5-3-2-4-6-16)24-25(22)19-11-7-18(8-12-19)23(26)27/h2-15H,1H3,(H,26,27). The van der Waals surface area contributed by atoms with E-state index in [2.05, 4.69) is 0 Å². The maximum absolute atomic E-state index is 11.2. The highest BCUT2D eigenvalue weighted by atomic mass is 16.5. The molecule has 28 heavy (non-hydrogen) atoms. The molecule has 0 saturated heterocycles. The fourth-order valence-corrected chi connectivity index (χ4v) is 3.04. The van der Waals surface area contributed by atoms with E-state index in [1.807, 2.05) is 65.3 Å². The van der Waals surface area contributed by atoms with Gasteiger partial charge in [0.15, 0.2) is 0 Å². The summed E-state index contributed by atoms with van der Waals surface area (Å²) in [4.78, 5) is 11.2. The molecule has 4 rings (SSSR count). The normalized spacial score (nSPS) is 10.6. The van der Waals surface area contributed by atoms with Crippen LogP contribution in [-0.4, -0.2) is 28.0 Å². The summed E-state index contributed by atoms with van der Waals surface area (Å²) in [5.41, 5.74) is 4.78. The number of carboxylic acids is 1. The van der Waals surface area contributed by atoms with Gasteiger partial charge in [-0.25, -0.2) is 9.48 Å². The minimum atomic E-state index is -0.952. The van der Waals surface area contributed by atoms with Crippen LogP contribution in [0.25, 0.3) is 28.2 Å². The Morgan fingerprint density at radius 1 is 0.893 bits per heavy atom. The maximum Gasteiger partial charge on any atom is 0.335 e. The molecule has 3 aromatic carbocycles. The monoisotopic (exact) mass is 370 g/mol. The number of aromatic nitrogens is 2. The van der Waals surface area contributed by atoms with Crippen molar-refractivity contribution in [2.75, 3.05) is 7.11 Å². The van der Waals surface area contributed by atoms with Gasteiger partial charge in [-0.2, -0.15) is 5.10 Å². The molecule has 0 fully saturated rings. The minimum Gasteiger partial charge on any atom is -0.497 e. The second kappa shape index (κ2) is 7.40. The molecule has 0 aliphatic rings. The minimum absolute atomic E-state index is 0.241. The summed E-state index contributed by atoms with van der Waals surface area (Å²) in [6, 6.07) is 26.4. The molecule has 138 valence electrons. The number of carboxylic acid groups (broad SMARTS) is 1. The number of aromatic carboxylic acids is 1. The highest BCUT2D eigenvalue weighted by Gasteiger charge is 2.14. The first-order valence-electron chi connectivity index (χ1n) is 8.79. The van der Waals surface area contributed by atoms with Crippen molar-refractivity contribution in [3.05, 3.63) is 90.5 Å². The first-order chi connectivity index (χ1) is 13.7. The van der Waals surface area contributed by atoms with Crippen molar-refractivity contribution in [1.29, 1.82) is 0 Å². The number of methoxy groups -OCH3 is 1. The smallest absolute Gasteiger partial charge is 0.335 e. The average molecular weight is 370 g/mol. The summed E-state index contributed by atoms with van der Waals surface area (Å²) in [5.74, 6) is -0.170. The Bertz CT molecular complexity index is 1100. The Morgan fingerprint density at radius 2 is 1.57 bits per heavy atom. The van der Waals surface area contributed by atoms with E-state index in [9.17, 15) is 4.79 Å². The number of carbonyl (C=O) groups is 1. The summed E-state index contributed by atoms with van der Waals surface area (Å²) >= 11 is 0. The summed E-state index contributed by atoms with van der Waals surface area (Å²) in [6.07, 6.45) is 0. The third kappa shape index (κ3) is 3.38. The molecule has 0 radical (unpaired) electrons. The van der Waals surface area contributed by atoms with Crippen molar-refractivity contribution >= 4 is 5.97 Å². The molecule has 5 nitrogen and oxygen atoms in total. The first kappa shape index (κ1) is 17.5. The lowest BCUT2D eigenvalue weighted by atomic mass is 10.1. The lowest BCUT2D eigenvalue weighted by Crippen LogP contribution is -2.01. The lowest BCUT2D eigenvalue weighted by Gasteiger charge is -2.08. The molecule has 0 spiro atoms. The zero-order valence-corrected chi connectivity index (χ0v) is 15.2. The molecule has 1 N–H and O–H groups in total. The van der Waals surface area contributed by atoms with Gasteiger partial charge in [0.1, 0.15) is 5.75 Å². The van der Waals surface area contributed by atoms with Gasteiger partial charge in [0, 0.05) is 11.1 Å². The summed E-state index contributed by atoms with van der Waals surface area (Å²) in [5, 5.41) is 13.9. The van der Waals surface area contributed by atoms with Crippen LogP contribution in [0.3, 0.4) is 0 Å². The number of rotatable bonds is 5. The number of hydrogen-bond acceptors (Lipinski definition) is 3. The van der Waals surface area contributed by atoms with Crippen molar-refractivity contribution < 1.29 is 14.6 Å².